The van der Waals surface area contributed by atoms with Gasteiger partial charge in [-0.05, 0) is 55.4 Å². The molecule has 31 heavy (non-hydrogen) atoms. The van der Waals surface area contributed by atoms with E-state index in [-0.39, 0.29) is 11.6 Å². The number of nitro groups is 1. The third-order valence-corrected chi connectivity index (χ3v) is 6.21. The summed E-state index contributed by atoms with van der Waals surface area (Å²) in [6.07, 6.45) is 3.18. The Morgan fingerprint density at radius 3 is 2.45 bits per heavy atom. The van der Waals surface area contributed by atoms with Crippen LogP contribution in [0.25, 0.3) is 16.3 Å². The number of anilines is 1. The summed E-state index contributed by atoms with van der Waals surface area (Å²) in [7, 11) is 0. The number of fused-ring (bicyclic) bond motifs is 1. The zero-order valence-electron chi connectivity index (χ0n) is 17.9. The number of rotatable bonds is 9. The zero-order chi connectivity index (χ0) is 22.4. The van der Waals surface area contributed by atoms with Crippen molar-refractivity contribution in [3.63, 3.8) is 0 Å². The SMILES string of the molecule is CCN(CC)CCN(C(=O)/C=C\c1ccc([N+](=O)[O-])cc1)c1nc2c(C)cccc2s1. The second-order valence-corrected chi connectivity index (χ2v) is 8.13. The summed E-state index contributed by atoms with van der Waals surface area (Å²) >= 11 is 1.51. The molecule has 8 heteroatoms. The number of para-hydroxylation sites is 1. The number of hydrogen-bond donors (Lipinski definition) is 0. The fourth-order valence-electron chi connectivity index (χ4n) is 3.24. The van der Waals surface area contributed by atoms with Gasteiger partial charge in [-0.1, -0.05) is 37.3 Å². The predicted octanol–water partition coefficient (Wildman–Crippen LogP) is 4.90. The second-order valence-electron chi connectivity index (χ2n) is 7.12. The molecule has 0 saturated heterocycles. The summed E-state index contributed by atoms with van der Waals surface area (Å²) in [5, 5.41) is 11.5. The molecular formula is C23H26N4O3S. The third kappa shape index (κ3) is 5.53. The van der Waals surface area contributed by atoms with Crippen LogP contribution in [0.2, 0.25) is 0 Å². The minimum atomic E-state index is -0.442. The van der Waals surface area contributed by atoms with Crippen LogP contribution in [0.3, 0.4) is 0 Å². The normalized spacial score (nSPS) is 11.5. The molecule has 0 N–H and O–H groups in total. The van der Waals surface area contributed by atoms with Gasteiger partial charge in [0, 0.05) is 31.3 Å². The molecule has 0 fully saturated rings. The maximum Gasteiger partial charge on any atom is 0.269 e. The number of nitro benzene ring substituents is 1. The summed E-state index contributed by atoms with van der Waals surface area (Å²) < 4.78 is 1.05. The Labute approximate surface area is 185 Å². The van der Waals surface area contributed by atoms with Crippen molar-refractivity contribution in [1.29, 1.82) is 0 Å². The van der Waals surface area contributed by atoms with Crippen molar-refractivity contribution in [1.82, 2.24) is 9.88 Å². The molecule has 0 unspecified atom stereocenters. The van der Waals surface area contributed by atoms with Crippen LogP contribution in [0.5, 0.6) is 0 Å². The van der Waals surface area contributed by atoms with Gasteiger partial charge in [0.15, 0.2) is 5.13 Å². The number of nitrogens with zero attached hydrogens (tertiary/aromatic N) is 4. The molecule has 3 rings (SSSR count). The van der Waals surface area contributed by atoms with Gasteiger partial charge in [0.1, 0.15) is 0 Å². The molecule has 3 aromatic rings. The summed E-state index contributed by atoms with van der Waals surface area (Å²) in [6, 6.07) is 12.1. The number of thiazole rings is 1. The molecule has 1 heterocycles. The number of hydrogen-bond acceptors (Lipinski definition) is 6. The van der Waals surface area contributed by atoms with Crippen LogP contribution in [0.15, 0.2) is 48.5 Å². The Bertz CT molecular complexity index is 1090. The zero-order valence-corrected chi connectivity index (χ0v) is 18.8. The van der Waals surface area contributed by atoms with Gasteiger partial charge in [0.05, 0.1) is 15.1 Å². The first-order valence-corrected chi connectivity index (χ1v) is 11.1. The predicted molar refractivity (Wildman–Crippen MR) is 127 cm³/mol. The number of amides is 1. The number of aromatic nitrogens is 1. The smallest absolute Gasteiger partial charge is 0.269 e. The Balaban J connectivity index is 1.86. The third-order valence-electron chi connectivity index (χ3n) is 5.16. The molecule has 0 bridgehead atoms. The lowest BCUT2D eigenvalue weighted by molar-refractivity contribution is -0.384. The van der Waals surface area contributed by atoms with Crippen molar-refractivity contribution in [3.8, 4) is 0 Å². The number of likely N-dealkylation sites (N-methyl/N-ethyl adjacent to an activating group) is 1. The van der Waals surface area contributed by atoms with Crippen LogP contribution in [0, 0.1) is 17.0 Å². The summed E-state index contributed by atoms with van der Waals surface area (Å²) in [6.45, 7) is 9.33. The van der Waals surface area contributed by atoms with Crippen LogP contribution in [-0.4, -0.2) is 46.9 Å². The Hall–Kier alpha value is -3.10. The van der Waals surface area contributed by atoms with E-state index in [4.69, 9.17) is 4.98 Å². The summed E-state index contributed by atoms with van der Waals surface area (Å²) in [5.41, 5.74) is 2.75. The number of carbonyl (C=O) groups excluding carboxylic acids is 1. The quantitative estimate of drug-likeness (QED) is 0.270. The van der Waals surface area contributed by atoms with Crippen molar-refractivity contribution < 1.29 is 9.72 Å². The van der Waals surface area contributed by atoms with Gasteiger partial charge in [-0.15, -0.1) is 0 Å². The molecule has 0 aliphatic rings. The second kappa shape index (κ2) is 10.3. The lowest BCUT2D eigenvalue weighted by Gasteiger charge is -2.23. The van der Waals surface area contributed by atoms with E-state index in [1.54, 1.807) is 23.1 Å². The molecule has 0 spiro atoms. The lowest BCUT2D eigenvalue weighted by atomic mass is 10.2. The largest absolute Gasteiger partial charge is 0.302 e. The highest BCUT2D eigenvalue weighted by Crippen LogP contribution is 2.30. The molecule has 0 aliphatic heterocycles. The minimum absolute atomic E-state index is 0.0224. The van der Waals surface area contributed by atoms with E-state index in [0.717, 1.165) is 41.0 Å². The number of benzene rings is 2. The van der Waals surface area contributed by atoms with Gasteiger partial charge in [0.25, 0.3) is 11.6 Å². The lowest BCUT2D eigenvalue weighted by Crippen LogP contribution is -2.38. The van der Waals surface area contributed by atoms with E-state index in [1.807, 2.05) is 25.1 Å². The fraction of sp³-hybridized carbons (Fsp3) is 0.304. The molecule has 0 saturated carbocycles. The van der Waals surface area contributed by atoms with Gasteiger partial charge in [-0.2, -0.15) is 0 Å². The highest BCUT2D eigenvalue weighted by Gasteiger charge is 2.19. The van der Waals surface area contributed by atoms with Crippen molar-refractivity contribution >= 4 is 44.4 Å². The van der Waals surface area contributed by atoms with Gasteiger partial charge in [-0.25, -0.2) is 4.98 Å². The van der Waals surface area contributed by atoms with Gasteiger partial charge in [-0.3, -0.25) is 19.8 Å². The van der Waals surface area contributed by atoms with Gasteiger partial charge < -0.3 is 4.90 Å². The van der Waals surface area contributed by atoms with Gasteiger partial charge >= 0.3 is 0 Å². The molecule has 2 aromatic carbocycles. The minimum Gasteiger partial charge on any atom is -0.302 e. The molecule has 1 aromatic heterocycles. The van der Waals surface area contributed by atoms with E-state index >= 15 is 0 Å². The molecule has 7 nitrogen and oxygen atoms in total. The Kier molecular flexibility index (Phi) is 7.49. The average molecular weight is 439 g/mol. The van der Waals surface area contributed by atoms with Crippen molar-refractivity contribution in [2.45, 2.75) is 20.8 Å². The van der Waals surface area contributed by atoms with Crippen LogP contribution < -0.4 is 4.90 Å². The van der Waals surface area contributed by atoms with Crippen molar-refractivity contribution in [3.05, 3.63) is 69.8 Å². The summed E-state index contributed by atoms with van der Waals surface area (Å²) in [5.74, 6) is -0.165. The highest BCUT2D eigenvalue weighted by atomic mass is 32.1. The number of aryl methyl sites for hydroxylation is 1. The molecule has 1 amide bonds. The number of carbonyl (C=O) groups is 1. The fourth-order valence-corrected chi connectivity index (χ4v) is 4.31. The molecule has 0 atom stereocenters. The topological polar surface area (TPSA) is 79.6 Å². The maximum absolute atomic E-state index is 13.1. The van der Waals surface area contributed by atoms with E-state index in [1.165, 1.54) is 29.5 Å². The van der Waals surface area contributed by atoms with E-state index < -0.39 is 4.92 Å². The van der Waals surface area contributed by atoms with Crippen LogP contribution in [0.4, 0.5) is 10.8 Å². The first-order chi connectivity index (χ1) is 14.9. The van der Waals surface area contributed by atoms with Crippen molar-refractivity contribution in [2.75, 3.05) is 31.1 Å². The maximum atomic E-state index is 13.1. The van der Waals surface area contributed by atoms with Crippen molar-refractivity contribution in [2.24, 2.45) is 0 Å². The highest BCUT2D eigenvalue weighted by molar-refractivity contribution is 7.22. The Morgan fingerprint density at radius 1 is 1.13 bits per heavy atom. The first kappa shape index (κ1) is 22.6. The molecule has 0 aliphatic carbocycles. The Morgan fingerprint density at radius 2 is 1.84 bits per heavy atom. The van der Waals surface area contributed by atoms with Crippen LogP contribution in [0.1, 0.15) is 25.0 Å². The average Bonchev–Trinajstić information content (AvgIpc) is 3.21. The monoisotopic (exact) mass is 438 g/mol. The number of non-ortho nitro benzene ring substituents is 1. The van der Waals surface area contributed by atoms with E-state index in [0.29, 0.717) is 11.7 Å². The van der Waals surface area contributed by atoms with Gasteiger partial charge in [0.2, 0.25) is 0 Å². The van der Waals surface area contributed by atoms with Crippen LogP contribution in [-0.2, 0) is 4.79 Å². The van der Waals surface area contributed by atoms with Crippen LogP contribution >= 0.6 is 11.3 Å². The standard InChI is InChI=1S/C23H26N4O3S/c1-4-25(5-2)15-16-26(23-24-22-17(3)7-6-8-20(22)31-23)21(28)14-11-18-9-12-19(13-10-18)27(29)30/h6-14H,4-5,15-16H2,1-3H3/b14-11-. The first-order valence-electron chi connectivity index (χ1n) is 10.3. The van der Waals surface area contributed by atoms with E-state index in [9.17, 15) is 14.9 Å². The van der Waals surface area contributed by atoms with E-state index in [2.05, 4.69) is 18.7 Å². The summed E-state index contributed by atoms with van der Waals surface area (Å²) in [4.78, 5) is 32.2. The molecule has 0 radical (unpaired) electrons. The molecule has 162 valence electrons. The molecular weight excluding hydrogens is 412 g/mol.